The van der Waals surface area contributed by atoms with Crippen LogP contribution in [0, 0.1) is 0 Å². The van der Waals surface area contributed by atoms with E-state index >= 15 is 0 Å². The van der Waals surface area contributed by atoms with Gasteiger partial charge in [0, 0.05) is 0 Å². The van der Waals surface area contributed by atoms with Gasteiger partial charge in [-0.25, -0.2) is 0 Å². The van der Waals surface area contributed by atoms with Crippen LogP contribution in [0.3, 0.4) is 0 Å². The molecule has 4 N–H and O–H groups in total. The minimum absolute atomic E-state index is 0.365. The predicted octanol–water partition coefficient (Wildman–Crippen LogP) is 0.692. The van der Waals surface area contributed by atoms with Gasteiger partial charge in [-0.2, -0.15) is 0 Å². The highest BCUT2D eigenvalue weighted by Crippen LogP contribution is 1.93. The molecule has 0 atom stereocenters. The third kappa shape index (κ3) is 142. The van der Waals surface area contributed by atoms with Crippen LogP contribution in [0.25, 0.3) is 0 Å². The normalized spacial score (nSPS) is 9.73. The van der Waals surface area contributed by atoms with Crippen LogP contribution in [-0.4, -0.2) is 45.3 Å². The lowest BCUT2D eigenvalue weighted by atomic mass is 10.2. The van der Waals surface area contributed by atoms with E-state index in [9.17, 15) is 0 Å². The van der Waals surface area contributed by atoms with E-state index in [0.29, 0.717) is 0 Å². The van der Waals surface area contributed by atoms with Crippen LogP contribution in [0.2, 0.25) is 0 Å². The van der Waals surface area contributed by atoms with Crippen molar-refractivity contribution in [3.8, 4) is 0 Å². The van der Waals surface area contributed by atoms with Crippen molar-refractivity contribution in [1.82, 2.24) is 0 Å². The molecule has 0 radical (unpaired) electrons. The van der Waals surface area contributed by atoms with E-state index in [4.69, 9.17) is 20.4 Å². The maximum absolute atomic E-state index is 8.52. The van der Waals surface area contributed by atoms with Gasteiger partial charge in [0.15, 0.2) is 0 Å². The molecule has 0 saturated heterocycles. The van der Waals surface area contributed by atoms with Crippen molar-refractivity contribution in [2.45, 2.75) is 46.3 Å². The highest BCUT2D eigenvalue weighted by atomic mass is 16.3. The van der Waals surface area contributed by atoms with Gasteiger partial charge in [-0.1, -0.05) is 5.57 Å². The van der Waals surface area contributed by atoms with Gasteiger partial charge >= 0.3 is 0 Å². The molecule has 4 heteroatoms. The van der Waals surface area contributed by atoms with Crippen molar-refractivity contribution >= 4 is 0 Å². The predicted molar refractivity (Wildman–Crippen MR) is 62.6 cm³/mol. The monoisotopic (exact) mass is 222 g/mol. The van der Waals surface area contributed by atoms with Gasteiger partial charge in [0.25, 0.3) is 0 Å². The molecule has 0 amide bonds. The molecular formula is C11H26O4. The molecule has 0 aromatic heterocycles. The Bertz CT molecular complexity index is 124. The molecule has 15 heavy (non-hydrogen) atoms. The Kier molecular flexibility index (Phi) is 15.6. The third-order valence-electron chi connectivity index (χ3n) is 0.421. The quantitative estimate of drug-likeness (QED) is 0.518. The second-order valence-electron chi connectivity index (χ2n) is 4.40. The van der Waals surface area contributed by atoms with Crippen molar-refractivity contribution < 1.29 is 20.4 Å². The van der Waals surface area contributed by atoms with E-state index < -0.39 is 11.7 Å². The van der Waals surface area contributed by atoms with E-state index in [1.54, 1.807) is 20.8 Å². The lowest BCUT2D eigenvalue weighted by Gasteiger charge is -2.04. The summed E-state index contributed by atoms with van der Waals surface area (Å²) in [6.45, 7) is 12.0. The zero-order valence-electron chi connectivity index (χ0n) is 10.5. The van der Waals surface area contributed by atoms with Crippen molar-refractivity contribution in [3.05, 3.63) is 12.2 Å². The number of aliphatic hydroxyl groups excluding tert-OH is 3. The molecule has 0 aliphatic heterocycles. The van der Waals surface area contributed by atoms with Crippen LogP contribution in [0.5, 0.6) is 0 Å². The molecule has 0 heterocycles. The first-order valence-electron chi connectivity index (χ1n) is 4.78. The Labute approximate surface area is 92.9 Å². The highest BCUT2D eigenvalue weighted by molar-refractivity contribution is 4.78. The lowest BCUT2D eigenvalue weighted by molar-refractivity contribution is 0.0450. The molecule has 4 nitrogen and oxygen atoms in total. The zero-order valence-corrected chi connectivity index (χ0v) is 10.5. The Morgan fingerprint density at radius 1 is 1.13 bits per heavy atom. The fourth-order valence-corrected chi connectivity index (χ4v) is 0.0577. The summed E-state index contributed by atoms with van der Waals surface area (Å²) >= 11 is 0. The Balaban J connectivity index is -0.000000147. The minimum atomic E-state index is -0.954. The first-order chi connectivity index (χ1) is 6.54. The molecule has 0 aliphatic rings. The first kappa shape index (κ1) is 20.1. The van der Waals surface area contributed by atoms with Crippen LogP contribution in [0.4, 0.5) is 0 Å². The summed E-state index contributed by atoms with van der Waals surface area (Å²) < 4.78 is 0. The number of hydrogen-bond acceptors (Lipinski definition) is 4. The molecule has 0 aromatic carbocycles. The smallest absolute Gasteiger partial charge is 0.100 e. The lowest BCUT2D eigenvalue weighted by Crippen LogP contribution is -2.15. The van der Waals surface area contributed by atoms with Crippen molar-refractivity contribution in [2.75, 3.05) is 13.2 Å². The summed E-state index contributed by atoms with van der Waals surface area (Å²) in [5.74, 6) is 0. The van der Waals surface area contributed by atoms with Crippen LogP contribution in [0.15, 0.2) is 12.2 Å². The average molecular weight is 222 g/mol. The Morgan fingerprint density at radius 2 is 1.27 bits per heavy atom. The van der Waals surface area contributed by atoms with Crippen LogP contribution >= 0.6 is 0 Å². The Hall–Kier alpha value is -0.420. The van der Waals surface area contributed by atoms with Crippen molar-refractivity contribution in [3.63, 3.8) is 0 Å². The molecule has 94 valence electrons. The average Bonchev–Trinajstić information content (AvgIpc) is 1.99. The van der Waals surface area contributed by atoms with Gasteiger partial charge in [0.05, 0.1) is 18.8 Å². The fraction of sp³-hybridized carbons (Fsp3) is 0.818. The summed E-state index contributed by atoms with van der Waals surface area (Å²) in [6.07, 6.45) is -0.954. The van der Waals surface area contributed by atoms with Crippen LogP contribution in [0.1, 0.15) is 34.6 Å². The van der Waals surface area contributed by atoms with E-state index in [-0.39, 0.29) is 13.2 Å². The molecule has 0 saturated carbocycles. The second-order valence-corrected chi connectivity index (χ2v) is 4.40. The van der Waals surface area contributed by atoms with Gasteiger partial charge < -0.3 is 20.4 Å². The molecule has 0 aliphatic carbocycles. The molecular weight excluding hydrogens is 196 g/mol. The first-order valence-corrected chi connectivity index (χ1v) is 4.78. The molecule has 0 unspecified atom stereocenters. The summed E-state index contributed by atoms with van der Waals surface area (Å²) in [6, 6.07) is 0. The second kappa shape index (κ2) is 11.7. The fourth-order valence-electron chi connectivity index (χ4n) is 0.0577. The molecule has 0 spiro atoms. The number of rotatable bonds is 2. The molecule has 0 fully saturated rings. The number of allylic oxidation sites excluding steroid dienone is 1. The van der Waals surface area contributed by atoms with Gasteiger partial charge in [-0.05, 0) is 34.6 Å². The van der Waals surface area contributed by atoms with Crippen LogP contribution in [-0.2, 0) is 0 Å². The van der Waals surface area contributed by atoms with Crippen LogP contribution < -0.4 is 0 Å². The summed E-state index contributed by atoms with van der Waals surface area (Å²) in [5.41, 5.74) is 0.667. The highest BCUT2D eigenvalue weighted by Gasteiger charge is 1.97. The number of hydrogen-bond donors (Lipinski definition) is 4. The Morgan fingerprint density at radius 3 is 1.27 bits per heavy atom. The number of aliphatic hydroxyl groups is 4. The van der Waals surface area contributed by atoms with Gasteiger partial charge in [-0.15, -0.1) is 6.58 Å². The molecule has 0 aromatic rings. The molecule has 0 bridgehead atoms. The van der Waals surface area contributed by atoms with E-state index in [0.717, 1.165) is 0 Å². The topological polar surface area (TPSA) is 80.9 Å². The third-order valence-corrected chi connectivity index (χ3v) is 0.421. The van der Waals surface area contributed by atoms with E-state index in [1.165, 1.54) is 5.57 Å². The zero-order chi connectivity index (χ0) is 13.1. The van der Waals surface area contributed by atoms with Crippen molar-refractivity contribution in [1.29, 1.82) is 0 Å². The maximum Gasteiger partial charge on any atom is 0.100 e. The van der Waals surface area contributed by atoms with E-state index in [2.05, 4.69) is 6.58 Å². The summed E-state index contributed by atoms with van der Waals surface area (Å²) in [5, 5.41) is 32.5. The van der Waals surface area contributed by atoms with Gasteiger partial charge in [0.2, 0.25) is 0 Å². The molecule has 0 rings (SSSR count). The van der Waals surface area contributed by atoms with Gasteiger partial charge in [-0.3, -0.25) is 0 Å². The summed E-state index contributed by atoms with van der Waals surface area (Å²) in [7, 11) is 0. The standard InChI is InChI=1S/C4H10O.C4H8.C3H8O3/c1-4(2,3)5;1-4(2)3;4-1-3(6)2-5/h5H,1-3H3;1H2,2-3H3;3-6H,1-2H2. The minimum Gasteiger partial charge on any atom is -0.394 e. The van der Waals surface area contributed by atoms with Crippen molar-refractivity contribution in [2.24, 2.45) is 0 Å². The van der Waals surface area contributed by atoms with E-state index in [1.807, 2.05) is 13.8 Å². The largest absolute Gasteiger partial charge is 0.394 e. The van der Waals surface area contributed by atoms with Gasteiger partial charge in [0.1, 0.15) is 6.10 Å². The maximum atomic E-state index is 8.52. The summed E-state index contributed by atoms with van der Waals surface area (Å²) in [4.78, 5) is 0. The SMILES string of the molecule is C=C(C)C.CC(C)(C)O.OCC(O)CO.